The number of nitrogens with zero attached hydrogens (tertiary/aromatic N) is 4. The summed E-state index contributed by atoms with van der Waals surface area (Å²) in [6.07, 6.45) is 2.85. The third-order valence-electron chi connectivity index (χ3n) is 6.58. The number of carbonyl (C=O) groups is 2. The van der Waals surface area contributed by atoms with E-state index in [2.05, 4.69) is 43.7 Å². The molecule has 37 heavy (non-hydrogen) atoms. The number of aromatic nitrogens is 2. The first-order valence-electron chi connectivity index (χ1n) is 13.0. The van der Waals surface area contributed by atoms with E-state index < -0.39 is 11.7 Å². The van der Waals surface area contributed by atoms with E-state index in [1.54, 1.807) is 11.0 Å². The Kier molecular flexibility index (Phi) is 8.60. The van der Waals surface area contributed by atoms with Gasteiger partial charge in [-0.15, -0.1) is 0 Å². The lowest BCUT2D eigenvalue weighted by Crippen LogP contribution is -2.44. The topological polar surface area (TPSA) is 120 Å². The van der Waals surface area contributed by atoms with Gasteiger partial charge >= 0.3 is 6.09 Å². The van der Waals surface area contributed by atoms with Gasteiger partial charge in [0.25, 0.3) is 5.91 Å². The van der Waals surface area contributed by atoms with Crippen LogP contribution in [0.3, 0.4) is 0 Å². The number of β-amino-alcohol motifs (C(OH)–C–C–N with tert-alkyl or cyclic N) is 1. The SMILES string of the molecule is CC(C)(C)OC(=O)N1CCC(Nc2cc(C(=O)NC[C@H](O)CN3CCc4ccccc4C3)ncn2)CC1. The van der Waals surface area contributed by atoms with Gasteiger partial charge < -0.3 is 25.4 Å². The zero-order valence-corrected chi connectivity index (χ0v) is 21.9. The maximum atomic E-state index is 12.7. The summed E-state index contributed by atoms with van der Waals surface area (Å²) in [5.41, 5.74) is 2.38. The lowest BCUT2D eigenvalue weighted by molar-refractivity contribution is 0.0210. The molecule has 1 aromatic heterocycles. The monoisotopic (exact) mass is 510 g/mol. The molecule has 4 rings (SSSR count). The number of anilines is 1. The van der Waals surface area contributed by atoms with Crippen LogP contribution < -0.4 is 10.6 Å². The smallest absolute Gasteiger partial charge is 0.410 e. The highest BCUT2D eigenvalue weighted by molar-refractivity contribution is 5.92. The third kappa shape index (κ3) is 7.87. The van der Waals surface area contributed by atoms with E-state index in [9.17, 15) is 14.7 Å². The summed E-state index contributed by atoms with van der Waals surface area (Å²) >= 11 is 0. The number of hydrogen-bond donors (Lipinski definition) is 3. The van der Waals surface area contributed by atoms with E-state index in [4.69, 9.17) is 4.74 Å². The number of benzene rings is 1. The van der Waals surface area contributed by atoms with Crippen molar-refractivity contribution >= 4 is 17.8 Å². The molecule has 3 heterocycles. The van der Waals surface area contributed by atoms with Gasteiger partial charge in [0.15, 0.2) is 0 Å². The van der Waals surface area contributed by atoms with Crippen LogP contribution in [0.15, 0.2) is 36.7 Å². The number of fused-ring (bicyclic) bond motifs is 1. The molecule has 2 aromatic rings. The molecule has 1 fully saturated rings. The van der Waals surface area contributed by atoms with Crippen molar-refractivity contribution in [2.24, 2.45) is 0 Å². The van der Waals surface area contributed by atoms with Crippen LogP contribution in [0.4, 0.5) is 10.6 Å². The van der Waals surface area contributed by atoms with E-state index in [-0.39, 0.29) is 30.3 Å². The average Bonchev–Trinajstić information content (AvgIpc) is 2.87. The Labute approximate surface area is 218 Å². The normalized spacial score (nSPS) is 17.6. The first kappa shape index (κ1) is 26.8. The fraction of sp³-hybridized carbons (Fsp3) is 0.556. The van der Waals surface area contributed by atoms with E-state index in [0.29, 0.717) is 25.5 Å². The molecule has 1 aromatic carbocycles. The summed E-state index contributed by atoms with van der Waals surface area (Å²) in [7, 11) is 0. The molecule has 3 N–H and O–H groups in total. The number of aliphatic hydroxyl groups excluding tert-OH is 1. The van der Waals surface area contributed by atoms with Crippen LogP contribution >= 0.6 is 0 Å². The maximum absolute atomic E-state index is 12.7. The summed E-state index contributed by atoms with van der Waals surface area (Å²) in [5, 5.41) is 16.6. The van der Waals surface area contributed by atoms with Crippen molar-refractivity contribution in [3.63, 3.8) is 0 Å². The van der Waals surface area contributed by atoms with E-state index in [1.165, 1.54) is 17.5 Å². The van der Waals surface area contributed by atoms with Gasteiger partial charge in [0.2, 0.25) is 0 Å². The third-order valence-corrected chi connectivity index (χ3v) is 6.58. The molecule has 0 unspecified atom stereocenters. The molecule has 10 heteroatoms. The van der Waals surface area contributed by atoms with Crippen molar-refractivity contribution in [1.29, 1.82) is 0 Å². The molecule has 2 amide bonds. The van der Waals surface area contributed by atoms with Gasteiger partial charge in [0.1, 0.15) is 23.4 Å². The summed E-state index contributed by atoms with van der Waals surface area (Å²) in [4.78, 5) is 37.2. The highest BCUT2D eigenvalue weighted by Gasteiger charge is 2.27. The molecular weight excluding hydrogens is 472 g/mol. The van der Waals surface area contributed by atoms with Crippen LogP contribution in [-0.4, -0.2) is 87.3 Å². The Morgan fingerprint density at radius 1 is 1.14 bits per heavy atom. The molecule has 0 bridgehead atoms. The Morgan fingerprint density at radius 2 is 1.86 bits per heavy atom. The van der Waals surface area contributed by atoms with Crippen LogP contribution in [-0.2, 0) is 17.7 Å². The summed E-state index contributed by atoms with van der Waals surface area (Å²) in [5.74, 6) is 0.205. The molecule has 200 valence electrons. The minimum Gasteiger partial charge on any atom is -0.444 e. The highest BCUT2D eigenvalue weighted by atomic mass is 16.6. The Hall–Kier alpha value is -3.24. The Morgan fingerprint density at radius 3 is 2.59 bits per heavy atom. The van der Waals surface area contributed by atoms with Crippen LogP contribution in [0.5, 0.6) is 0 Å². The number of ether oxygens (including phenoxy) is 1. The Bertz CT molecular complexity index is 1080. The quantitative estimate of drug-likeness (QED) is 0.520. The minimum atomic E-state index is -0.677. The number of aliphatic hydroxyl groups is 1. The largest absolute Gasteiger partial charge is 0.444 e. The molecule has 10 nitrogen and oxygen atoms in total. The molecule has 2 aliphatic heterocycles. The first-order chi connectivity index (χ1) is 17.7. The van der Waals surface area contributed by atoms with Gasteiger partial charge in [-0.1, -0.05) is 24.3 Å². The maximum Gasteiger partial charge on any atom is 0.410 e. The van der Waals surface area contributed by atoms with Crippen molar-refractivity contribution in [1.82, 2.24) is 25.1 Å². The summed E-state index contributed by atoms with van der Waals surface area (Å²) in [6, 6.07) is 10.1. The van der Waals surface area contributed by atoms with Crippen LogP contribution in [0.25, 0.3) is 0 Å². The van der Waals surface area contributed by atoms with Crippen molar-refractivity contribution < 1.29 is 19.4 Å². The molecule has 0 radical (unpaired) electrons. The van der Waals surface area contributed by atoms with Gasteiger partial charge in [0.05, 0.1) is 6.10 Å². The minimum absolute atomic E-state index is 0.126. The second-order valence-corrected chi connectivity index (χ2v) is 10.8. The van der Waals surface area contributed by atoms with Crippen molar-refractivity contribution in [2.45, 2.75) is 64.3 Å². The fourth-order valence-corrected chi connectivity index (χ4v) is 4.68. The van der Waals surface area contributed by atoms with Crippen molar-refractivity contribution in [3.8, 4) is 0 Å². The lowest BCUT2D eigenvalue weighted by Gasteiger charge is -2.33. The zero-order chi connectivity index (χ0) is 26.4. The summed E-state index contributed by atoms with van der Waals surface area (Å²) in [6.45, 7) is 9.08. The van der Waals surface area contributed by atoms with Gasteiger partial charge in [-0.3, -0.25) is 9.69 Å². The second kappa shape index (κ2) is 11.9. The lowest BCUT2D eigenvalue weighted by atomic mass is 10.00. The fourth-order valence-electron chi connectivity index (χ4n) is 4.68. The molecule has 2 aliphatic rings. The molecule has 0 saturated carbocycles. The van der Waals surface area contributed by atoms with Crippen molar-refractivity contribution in [3.05, 3.63) is 53.5 Å². The zero-order valence-electron chi connectivity index (χ0n) is 21.9. The number of hydrogen-bond acceptors (Lipinski definition) is 8. The van der Waals surface area contributed by atoms with E-state index in [1.807, 2.05) is 26.8 Å². The predicted molar refractivity (Wildman–Crippen MR) is 140 cm³/mol. The van der Waals surface area contributed by atoms with E-state index >= 15 is 0 Å². The number of carbonyl (C=O) groups excluding carboxylic acids is 2. The van der Waals surface area contributed by atoms with Gasteiger partial charge in [-0.05, 0) is 51.2 Å². The molecule has 1 atom stereocenters. The number of rotatable bonds is 7. The van der Waals surface area contributed by atoms with E-state index in [0.717, 1.165) is 32.4 Å². The van der Waals surface area contributed by atoms with Gasteiger partial charge in [-0.25, -0.2) is 14.8 Å². The second-order valence-electron chi connectivity index (χ2n) is 10.8. The molecule has 0 spiro atoms. The molecular formula is C27H38N6O4. The van der Waals surface area contributed by atoms with Gasteiger partial charge in [0, 0.05) is 51.4 Å². The standard InChI is InChI=1S/C27H38N6O4/c1-27(2,3)37-26(36)33-12-9-21(10-13-33)31-24-14-23(29-18-30-24)25(35)28-15-22(34)17-32-11-8-19-6-4-5-7-20(19)16-32/h4-7,14,18,21-22,34H,8-13,15-17H2,1-3H3,(H,28,35)(H,29,30,31)/t22-/m0/s1. The summed E-state index contributed by atoms with van der Waals surface area (Å²) < 4.78 is 5.45. The number of nitrogens with one attached hydrogen (secondary N) is 2. The predicted octanol–water partition coefficient (Wildman–Crippen LogP) is 2.44. The molecule has 0 aliphatic carbocycles. The van der Waals surface area contributed by atoms with Crippen molar-refractivity contribution in [2.75, 3.05) is 38.0 Å². The number of amides is 2. The van der Waals surface area contributed by atoms with Crippen LogP contribution in [0.1, 0.15) is 55.2 Å². The number of piperidine rings is 1. The number of likely N-dealkylation sites (tertiary alicyclic amines) is 1. The van der Waals surface area contributed by atoms with Crippen LogP contribution in [0.2, 0.25) is 0 Å². The highest BCUT2D eigenvalue weighted by Crippen LogP contribution is 2.19. The van der Waals surface area contributed by atoms with Crippen LogP contribution in [0, 0.1) is 0 Å². The Balaban J connectivity index is 1.21. The molecule has 1 saturated heterocycles. The first-order valence-corrected chi connectivity index (χ1v) is 13.0. The van der Waals surface area contributed by atoms with Gasteiger partial charge in [-0.2, -0.15) is 0 Å². The average molecular weight is 511 g/mol.